The van der Waals surface area contributed by atoms with Gasteiger partial charge in [0, 0.05) is 18.4 Å². The van der Waals surface area contributed by atoms with Crippen LogP contribution in [0.15, 0.2) is 79.0 Å². The zero-order valence-corrected chi connectivity index (χ0v) is 12.8. The zero-order valence-electron chi connectivity index (χ0n) is 12.8. The topological polar surface area (TPSA) is 45.2 Å². The fourth-order valence-corrected chi connectivity index (χ4v) is 2.22. The molecule has 3 aromatic rings. The highest BCUT2D eigenvalue weighted by Gasteiger charge is 2.14. The fourth-order valence-electron chi connectivity index (χ4n) is 2.22. The van der Waals surface area contributed by atoms with Gasteiger partial charge in [0.05, 0.1) is 11.9 Å². The second-order valence-corrected chi connectivity index (χ2v) is 5.12. The Morgan fingerprint density at radius 1 is 0.870 bits per heavy atom. The Bertz CT molecular complexity index is 771. The van der Waals surface area contributed by atoms with E-state index in [1.165, 1.54) is 0 Å². The van der Waals surface area contributed by atoms with Gasteiger partial charge in [-0.1, -0.05) is 36.4 Å². The van der Waals surface area contributed by atoms with Gasteiger partial charge in [-0.05, 0) is 36.4 Å². The predicted octanol–water partition coefficient (Wildman–Crippen LogP) is 4.10. The highest BCUT2D eigenvalue weighted by atomic mass is 16.2. The third-order valence-electron chi connectivity index (χ3n) is 3.49. The average Bonchev–Trinajstić information content (AvgIpc) is 2.63. The van der Waals surface area contributed by atoms with E-state index in [-0.39, 0.29) is 5.91 Å². The van der Waals surface area contributed by atoms with Crippen molar-refractivity contribution in [3.8, 4) is 0 Å². The van der Waals surface area contributed by atoms with E-state index in [4.69, 9.17) is 0 Å². The van der Waals surface area contributed by atoms with Crippen LogP contribution in [0.3, 0.4) is 0 Å². The molecule has 1 heterocycles. The van der Waals surface area contributed by atoms with Crippen LogP contribution in [-0.4, -0.2) is 17.9 Å². The van der Waals surface area contributed by atoms with Crippen molar-refractivity contribution in [1.82, 2.24) is 4.98 Å². The molecule has 0 bridgehead atoms. The quantitative estimate of drug-likeness (QED) is 0.789. The van der Waals surface area contributed by atoms with E-state index in [0.717, 1.165) is 17.1 Å². The molecule has 0 atom stereocenters. The second kappa shape index (κ2) is 6.75. The number of hydrogen-bond donors (Lipinski definition) is 1. The predicted molar refractivity (Wildman–Crippen MR) is 93.1 cm³/mol. The number of pyridine rings is 1. The molecule has 3 rings (SSSR count). The molecule has 0 radical (unpaired) electrons. The average molecular weight is 303 g/mol. The molecule has 23 heavy (non-hydrogen) atoms. The smallest absolute Gasteiger partial charge is 0.276 e. The van der Waals surface area contributed by atoms with E-state index in [1.807, 2.05) is 66.7 Å². The van der Waals surface area contributed by atoms with E-state index in [2.05, 4.69) is 10.3 Å². The van der Waals surface area contributed by atoms with Crippen molar-refractivity contribution in [2.75, 3.05) is 17.3 Å². The Morgan fingerprint density at radius 2 is 1.52 bits per heavy atom. The van der Waals surface area contributed by atoms with Gasteiger partial charge in [-0.25, -0.2) is 4.98 Å². The number of para-hydroxylation sites is 2. The minimum atomic E-state index is -0.137. The van der Waals surface area contributed by atoms with Crippen LogP contribution < -0.4 is 10.2 Å². The summed E-state index contributed by atoms with van der Waals surface area (Å²) in [6.45, 7) is 0. The number of carbonyl (C=O) groups excluding carboxylic acids is 1. The van der Waals surface area contributed by atoms with Crippen LogP contribution >= 0.6 is 0 Å². The van der Waals surface area contributed by atoms with Gasteiger partial charge in [0.2, 0.25) is 0 Å². The standard InChI is InChI=1S/C19H17N3O/c1-22(17-10-6-3-7-11-17)19(23)18-13-12-16(14-20-18)21-15-8-4-2-5-9-15/h2-14,21H,1H3. The summed E-state index contributed by atoms with van der Waals surface area (Å²) in [5.41, 5.74) is 3.07. The van der Waals surface area contributed by atoms with Crippen LogP contribution in [0.5, 0.6) is 0 Å². The van der Waals surface area contributed by atoms with Crippen molar-refractivity contribution in [3.05, 3.63) is 84.7 Å². The van der Waals surface area contributed by atoms with Gasteiger partial charge in [-0.2, -0.15) is 0 Å². The maximum atomic E-state index is 12.5. The summed E-state index contributed by atoms with van der Waals surface area (Å²) in [5.74, 6) is -0.137. The summed E-state index contributed by atoms with van der Waals surface area (Å²) in [6, 6.07) is 22.9. The zero-order chi connectivity index (χ0) is 16.1. The first-order valence-electron chi connectivity index (χ1n) is 7.35. The van der Waals surface area contributed by atoms with E-state index in [9.17, 15) is 4.79 Å². The Balaban J connectivity index is 1.73. The van der Waals surface area contributed by atoms with Gasteiger partial charge < -0.3 is 10.2 Å². The van der Waals surface area contributed by atoms with Crippen molar-refractivity contribution < 1.29 is 4.79 Å². The number of aromatic nitrogens is 1. The Morgan fingerprint density at radius 3 is 2.13 bits per heavy atom. The van der Waals surface area contributed by atoms with Gasteiger partial charge in [0.15, 0.2) is 0 Å². The maximum Gasteiger partial charge on any atom is 0.276 e. The molecule has 0 saturated carbocycles. The number of hydrogen-bond acceptors (Lipinski definition) is 3. The highest BCUT2D eigenvalue weighted by Crippen LogP contribution is 2.17. The monoisotopic (exact) mass is 303 g/mol. The molecule has 1 aromatic heterocycles. The molecule has 0 aliphatic carbocycles. The van der Waals surface area contributed by atoms with Gasteiger partial charge in [0.25, 0.3) is 5.91 Å². The van der Waals surface area contributed by atoms with Gasteiger partial charge in [0.1, 0.15) is 5.69 Å². The summed E-state index contributed by atoms with van der Waals surface area (Å²) in [5, 5.41) is 3.24. The number of amides is 1. The van der Waals surface area contributed by atoms with Gasteiger partial charge in [-0.15, -0.1) is 0 Å². The van der Waals surface area contributed by atoms with Gasteiger partial charge >= 0.3 is 0 Å². The van der Waals surface area contributed by atoms with E-state index in [1.54, 1.807) is 24.2 Å². The molecule has 4 heteroatoms. The number of carbonyl (C=O) groups is 1. The minimum Gasteiger partial charge on any atom is -0.354 e. The summed E-state index contributed by atoms with van der Waals surface area (Å²) in [7, 11) is 1.75. The lowest BCUT2D eigenvalue weighted by molar-refractivity contribution is 0.0988. The van der Waals surface area contributed by atoms with E-state index >= 15 is 0 Å². The second-order valence-electron chi connectivity index (χ2n) is 5.12. The lowest BCUT2D eigenvalue weighted by Crippen LogP contribution is -2.26. The molecule has 114 valence electrons. The summed E-state index contributed by atoms with van der Waals surface area (Å²) < 4.78 is 0. The molecular formula is C19H17N3O. The van der Waals surface area contributed by atoms with E-state index in [0.29, 0.717) is 5.69 Å². The van der Waals surface area contributed by atoms with Crippen molar-refractivity contribution in [2.45, 2.75) is 0 Å². The lowest BCUT2D eigenvalue weighted by atomic mass is 10.2. The number of nitrogens with zero attached hydrogens (tertiary/aromatic N) is 2. The molecule has 0 saturated heterocycles. The van der Waals surface area contributed by atoms with Crippen molar-refractivity contribution in [2.24, 2.45) is 0 Å². The van der Waals surface area contributed by atoms with E-state index < -0.39 is 0 Å². The van der Waals surface area contributed by atoms with Crippen molar-refractivity contribution in [3.63, 3.8) is 0 Å². The third-order valence-corrected chi connectivity index (χ3v) is 3.49. The first kappa shape index (κ1) is 14.8. The molecular weight excluding hydrogens is 286 g/mol. The lowest BCUT2D eigenvalue weighted by Gasteiger charge is -2.16. The van der Waals surface area contributed by atoms with Crippen LogP contribution in [0.25, 0.3) is 0 Å². The molecule has 2 aromatic carbocycles. The minimum absolute atomic E-state index is 0.137. The number of nitrogens with one attached hydrogen (secondary N) is 1. The molecule has 1 amide bonds. The van der Waals surface area contributed by atoms with Crippen LogP contribution in [-0.2, 0) is 0 Å². The number of rotatable bonds is 4. The molecule has 0 unspecified atom stereocenters. The van der Waals surface area contributed by atoms with Crippen LogP contribution in [0.1, 0.15) is 10.5 Å². The fraction of sp³-hybridized carbons (Fsp3) is 0.0526. The van der Waals surface area contributed by atoms with Crippen molar-refractivity contribution >= 4 is 23.0 Å². The molecule has 0 aliphatic rings. The molecule has 0 aliphatic heterocycles. The molecule has 1 N–H and O–H groups in total. The maximum absolute atomic E-state index is 12.5. The molecule has 4 nitrogen and oxygen atoms in total. The first-order valence-corrected chi connectivity index (χ1v) is 7.35. The molecule has 0 fully saturated rings. The Labute approximate surface area is 135 Å². The summed E-state index contributed by atoms with van der Waals surface area (Å²) in [4.78, 5) is 18.3. The normalized spacial score (nSPS) is 10.1. The number of benzene rings is 2. The largest absolute Gasteiger partial charge is 0.354 e. The van der Waals surface area contributed by atoms with Crippen LogP contribution in [0, 0.1) is 0 Å². The summed E-state index contributed by atoms with van der Waals surface area (Å²) in [6.07, 6.45) is 1.67. The van der Waals surface area contributed by atoms with Crippen LogP contribution in [0.4, 0.5) is 17.1 Å². The van der Waals surface area contributed by atoms with Crippen LogP contribution in [0.2, 0.25) is 0 Å². The van der Waals surface area contributed by atoms with Gasteiger partial charge in [-0.3, -0.25) is 4.79 Å². The summed E-state index contributed by atoms with van der Waals surface area (Å²) >= 11 is 0. The SMILES string of the molecule is CN(C(=O)c1ccc(Nc2ccccc2)cn1)c1ccccc1. The number of anilines is 3. The molecule has 0 spiro atoms. The Hall–Kier alpha value is -3.14. The van der Waals surface area contributed by atoms with Crippen molar-refractivity contribution in [1.29, 1.82) is 0 Å². The first-order chi connectivity index (χ1) is 11.2. The highest BCUT2D eigenvalue weighted by molar-refractivity contribution is 6.04. The Kier molecular flexibility index (Phi) is 4.34. The third kappa shape index (κ3) is 3.55.